The molecule has 13 heavy (non-hydrogen) atoms. The van der Waals surface area contributed by atoms with Crippen LogP contribution >= 0.6 is 0 Å². The Labute approximate surface area is 73.6 Å². The molecule has 0 amide bonds. The van der Waals surface area contributed by atoms with Crippen LogP contribution in [0.25, 0.3) is 0 Å². The maximum Gasteiger partial charge on any atom is 0.338 e. The second-order valence-electron chi connectivity index (χ2n) is 2.50. The number of carboxylic acids is 1. The number of hydrogen-bond acceptors (Lipinski definition) is 4. The van der Waals surface area contributed by atoms with Crippen LogP contribution in [0.3, 0.4) is 0 Å². The summed E-state index contributed by atoms with van der Waals surface area (Å²) in [5.41, 5.74) is -0.289. The van der Waals surface area contributed by atoms with Crippen molar-refractivity contribution in [3.63, 3.8) is 0 Å². The first-order chi connectivity index (χ1) is 6.07. The van der Waals surface area contributed by atoms with Crippen molar-refractivity contribution in [1.29, 1.82) is 0 Å². The van der Waals surface area contributed by atoms with Gasteiger partial charge < -0.3 is 10.2 Å². The topological polar surface area (TPSA) is 87.0 Å². The molecule has 0 fully saturated rings. The van der Waals surface area contributed by atoms with Crippen LogP contribution in [0.5, 0.6) is 5.75 Å². The second kappa shape index (κ2) is 3.22. The van der Waals surface area contributed by atoms with Gasteiger partial charge in [-0.1, -0.05) is 0 Å². The van der Waals surface area contributed by atoms with Crippen LogP contribution < -0.4 is 0 Å². The van der Waals surface area contributed by atoms with E-state index in [1.54, 1.807) is 0 Å². The summed E-state index contributed by atoms with van der Waals surface area (Å²) in [5, 5.41) is 20.4. The molecular formula is C8H7NO4. The van der Waals surface area contributed by atoms with Gasteiger partial charge in [-0.05, 0) is 24.2 Å². The van der Waals surface area contributed by atoms with E-state index in [-0.39, 0.29) is 22.6 Å². The van der Waals surface area contributed by atoms with Crippen molar-refractivity contribution in [3.8, 4) is 5.75 Å². The van der Waals surface area contributed by atoms with E-state index >= 15 is 0 Å². The summed E-state index contributed by atoms with van der Waals surface area (Å²) in [6.07, 6.45) is 0. The van der Waals surface area contributed by atoms with Crippen LogP contribution in [-0.2, 0) is 0 Å². The highest BCUT2D eigenvalue weighted by molar-refractivity contribution is 5.95. The van der Waals surface area contributed by atoms with Crippen molar-refractivity contribution in [3.05, 3.63) is 28.2 Å². The fourth-order valence-electron chi connectivity index (χ4n) is 1.03. The molecule has 0 unspecified atom stereocenters. The second-order valence-corrected chi connectivity index (χ2v) is 2.50. The highest BCUT2D eigenvalue weighted by atomic mass is 16.4. The van der Waals surface area contributed by atoms with Crippen molar-refractivity contribution in [2.24, 2.45) is 5.18 Å². The molecule has 0 saturated carbocycles. The number of nitroso groups, excluding NO2 is 1. The van der Waals surface area contributed by atoms with Crippen molar-refractivity contribution in [1.82, 2.24) is 0 Å². The minimum Gasteiger partial charge on any atom is -0.508 e. The lowest BCUT2D eigenvalue weighted by Gasteiger charge is -2.04. The predicted molar refractivity (Wildman–Crippen MR) is 45.3 cm³/mol. The Bertz CT molecular complexity index is 373. The molecule has 1 aromatic carbocycles. The lowest BCUT2D eigenvalue weighted by molar-refractivity contribution is 0.0696. The van der Waals surface area contributed by atoms with E-state index in [0.29, 0.717) is 0 Å². The number of aromatic carboxylic acids is 1. The number of benzene rings is 1. The fourth-order valence-corrected chi connectivity index (χ4v) is 1.03. The molecule has 5 heteroatoms. The molecule has 1 aromatic rings. The highest BCUT2D eigenvalue weighted by Crippen LogP contribution is 2.28. The third-order valence-corrected chi connectivity index (χ3v) is 1.73. The number of phenols is 1. The zero-order valence-corrected chi connectivity index (χ0v) is 6.81. The van der Waals surface area contributed by atoms with Crippen molar-refractivity contribution >= 4 is 11.7 Å². The zero-order valence-electron chi connectivity index (χ0n) is 6.81. The molecule has 0 aliphatic heterocycles. The number of nitrogens with zero attached hydrogens (tertiary/aromatic N) is 1. The first kappa shape index (κ1) is 9.18. The molecule has 0 aliphatic rings. The smallest absolute Gasteiger partial charge is 0.338 e. The monoisotopic (exact) mass is 181 g/mol. The molecule has 0 saturated heterocycles. The van der Waals surface area contributed by atoms with Gasteiger partial charge in [-0.2, -0.15) is 0 Å². The molecule has 2 N–H and O–H groups in total. The van der Waals surface area contributed by atoms with Crippen molar-refractivity contribution < 1.29 is 15.0 Å². The molecule has 0 aliphatic carbocycles. The zero-order chi connectivity index (χ0) is 10.0. The molecule has 5 nitrogen and oxygen atoms in total. The van der Waals surface area contributed by atoms with Crippen LogP contribution in [0.1, 0.15) is 15.9 Å². The average molecular weight is 181 g/mol. The quantitative estimate of drug-likeness (QED) is 0.681. The lowest BCUT2D eigenvalue weighted by Crippen LogP contribution is -2.00. The van der Waals surface area contributed by atoms with E-state index in [1.807, 2.05) is 0 Å². The summed E-state index contributed by atoms with van der Waals surface area (Å²) < 4.78 is 0. The summed E-state index contributed by atoms with van der Waals surface area (Å²) in [7, 11) is 0. The molecule has 0 atom stereocenters. The SMILES string of the molecule is Cc1c(O)ccc(N=O)c1C(=O)O. The van der Waals surface area contributed by atoms with E-state index < -0.39 is 5.97 Å². The van der Waals surface area contributed by atoms with Crippen LogP contribution in [-0.4, -0.2) is 16.2 Å². The third-order valence-electron chi connectivity index (χ3n) is 1.73. The highest BCUT2D eigenvalue weighted by Gasteiger charge is 2.16. The van der Waals surface area contributed by atoms with Gasteiger partial charge in [0.15, 0.2) is 0 Å². The minimum atomic E-state index is -1.27. The number of aromatic hydroxyl groups is 1. The molecule has 0 bridgehead atoms. The number of carbonyl (C=O) groups is 1. The van der Waals surface area contributed by atoms with Gasteiger partial charge in [0, 0.05) is 5.56 Å². The molecular weight excluding hydrogens is 174 g/mol. The predicted octanol–water partition coefficient (Wildman–Crippen LogP) is 1.80. The van der Waals surface area contributed by atoms with Gasteiger partial charge in [0.05, 0.1) is 5.56 Å². The molecule has 0 aromatic heterocycles. The van der Waals surface area contributed by atoms with E-state index in [4.69, 9.17) is 10.2 Å². The first-order valence-corrected chi connectivity index (χ1v) is 3.47. The molecule has 1 rings (SSSR count). The maximum atomic E-state index is 10.6. The Balaban J connectivity index is 3.50. The number of carboxylic acid groups (broad SMARTS) is 1. The molecule has 0 spiro atoms. The van der Waals surface area contributed by atoms with Gasteiger partial charge in [-0.3, -0.25) is 0 Å². The van der Waals surface area contributed by atoms with Gasteiger partial charge in [0.25, 0.3) is 0 Å². The molecule has 0 heterocycles. The van der Waals surface area contributed by atoms with Crippen LogP contribution in [0.4, 0.5) is 5.69 Å². The summed E-state index contributed by atoms with van der Waals surface area (Å²) in [6.45, 7) is 1.41. The van der Waals surface area contributed by atoms with Gasteiger partial charge in [0.2, 0.25) is 0 Å². The largest absolute Gasteiger partial charge is 0.508 e. The fraction of sp³-hybridized carbons (Fsp3) is 0.125. The standard InChI is InChI=1S/C8H7NO4/c1-4-6(10)3-2-5(9-13)7(4)8(11)12/h2-3,10H,1H3,(H,11,12). The van der Waals surface area contributed by atoms with Crippen molar-refractivity contribution in [2.45, 2.75) is 6.92 Å². The van der Waals surface area contributed by atoms with Gasteiger partial charge >= 0.3 is 5.97 Å². The van der Waals surface area contributed by atoms with E-state index in [2.05, 4.69) is 5.18 Å². The maximum absolute atomic E-state index is 10.6. The van der Waals surface area contributed by atoms with E-state index in [9.17, 15) is 9.70 Å². The number of hydrogen-bond donors (Lipinski definition) is 2. The summed E-state index contributed by atoms with van der Waals surface area (Å²) in [4.78, 5) is 20.8. The summed E-state index contributed by atoms with van der Waals surface area (Å²) in [6, 6.07) is 2.40. The molecule has 0 radical (unpaired) electrons. The Morgan fingerprint density at radius 2 is 2.08 bits per heavy atom. The Morgan fingerprint density at radius 3 is 2.54 bits per heavy atom. The van der Waals surface area contributed by atoms with Gasteiger partial charge in [0.1, 0.15) is 11.4 Å². The summed E-state index contributed by atoms with van der Waals surface area (Å²) in [5.74, 6) is -1.44. The van der Waals surface area contributed by atoms with Gasteiger partial charge in [-0.15, -0.1) is 4.91 Å². The minimum absolute atomic E-state index is 0.143. The first-order valence-electron chi connectivity index (χ1n) is 3.47. The lowest BCUT2D eigenvalue weighted by atomic mass is 10.1. The van der Waals surface area contributed by atoms with E-state index in [0.717, 1.165) is 0 Å². The average Bonchev–Trinajstić information content (AvgIpc) is 2.08. The van der Waals surface area contributed by atoms with Crippen LogP contribution in [0, 0.1) is 11.8 Å². The van der Waals surface area contributed by atoms with Crippen LogP contribution in [0.2, 0.25) is 0 Å². The Hall–Kier alpha value is -1.91. The normalized spacial score (nSPS) is 9.62. The van der Waals surface area contributed by atoms with Crippen LogP contribution in [0.15, 0.2) is 17.3 Å². The molecule has 68 valence electrons. The number of phenolic OH excluding ortho intramolecular Hbond substituents is 1. The van der Waals surface area contributed by atoms with Gasteiger partial charge in [-0.25, -0.2) is 4.79 Å². The van der Waals surface area contributed by atoms with Crippen molar-refractivity contribution in [2.75, 3.05) is 0 Å². The third kappa shape index (κ3) is 1.48. The number of rotatable bonds is 2. The van der Waals surface area contributed by atoms with E-state index in [1.165, 1.54) is 19.1 Å². The summed E-state index contributed by atoms with van der Waals surface area (Å²) >= 11 is 0. The Kier molecular flexibility index (Phi) is 2.27. The Morgan fingerprint density at radius 1 is 1.46 bits per heavy atom.